The molecule has 1 fully saturated rings. The Hall–Kier alpha value is -1.47. The van der Waals surface area contributed by atoms with Gasteiger partial charge in [-0.1, -0.05) is 17.4 Å². The fourth-order valence-electron chi connectivity index (χ4n) is 2.12. The minimum atomic E-state index is -0.0838. The smallest absolute Gasteiger partial charge is 0.276 e. The largest absolute Gasteiger partial charge is 0.392 e. The summed E-state index contributed by atoms with van der Waals surface area (Å²) >= 11 is 4.99. The standard InChI is InChI=1S/C12H18N4O2S/c1-8-7-10(14-18-8)12(17)16-5-3-15(4-6-16)9(2)11(13)19/h7,9H,3-6H2,1-2H3,(H2,13,19). The third-order valence-electron chi connectivity index (χ3n) is 3.41. The van der Waals surface area contributed by atoms with E-state index < -0.39 is 0 Å². The molecule has 1 aromatic rings. The number of nitrogens with two attached hydrogens (primary N) is 1. The summed E-state index contributed by atoms with van der Waals surface area (Å²) in [5.41, 5.74) is 6.01. The predicted octanol–water partition coefficient (Wildman–Crippen LogP) is 0.415. The van der Waals surface area contributed by atoms with Gasteiger partial charge < -0.3 is 15.2 Å². The number of carbonyl (C=O) groups excluding carboxylic acids is 1. The Morgan fingerprint density at radius 2 is 2.11 bits per heavy atom. The minimum Gasteiger partial charge on any atom is -0.392 e. The monoisotopic (exact) mass is 282 g/mol. The fourth-order valence-corrected chi connectivity index (χ4v) is 2.27. The molecule has 104 valence electrons. The fraction of sp³-hybridized carbons (Fsp3) is 0.583. The molecule has 1 amide bonds. The third kappa shape index (κ3) is 3.10. The number of thiocarbonyl (C=S) groups is 1. The first-order chi connectivity index (χ1) is 8.99. The molecule has 0 aromatic carbocycles. The van der Waals surface area contributed by atoms with Gasteiger partial charge in [0.2, 0.25) is 0 Å². The zero-order chi connectivity index (χ0) is 14.0. The van der Waals surface area contributed by atoms with Crippen LogP contribution in [0.25, 0.3) is 0 Å². The summed E-state index contributed by atoms with van der Waals surface area (Å²) in [6.45, 7) is 6.59. The Morgan fingerprint density at radius 1 is 1.47 bits per heavy atom. The summed E-state index contributed by atoms with van der Waals surface area (Å²) in [7, 11) is 0. The number of carbonyl (C=O) groups is 1. The summed E-state index contributed by atoms with van der Waals surface area (Å²) in [6.07, 6.45) is 0. The lowest BCUT2D eigenvalue weighted by Gasteiger charge is -2.37. The molecular formula is C12H18N4O2S. The number of aryl methyl sites for hydroxylation is 1. The number of aromatic nitrogens is 1. The average molecular weight is 282 g/mol. The Kier molecular flexibility index (Phi) is 4.16. The first-order valence-corrected chi connectivity index (χ1v) is 6.66. The summed E-state index contributed by atoms with van der Waals surface area (Å²) in [5.74, 6) is 0.559. The van der Waals surface area contributed by atoms with Crippen molar-refractivity contribution in [1.82, 2.24) is 15.0 Å². The first-order valence-electron chi connectivity index (χ1n) is 6.25. The van der Waals surface area contributed by atoms with Gasteiger partial charge in [-0.05, 0) is 13.8 Å². The van der Waals surface area contributed by atoms with Crippen molar-refractivity contribution in [3.05, 3.63) is 17.5 Å². The molecule has 1 atom stereocenters. The Labute approximate surface area is 117 Å². The molecule has 6 nitrogen and oxygen atoms in total. The second-order valence-corrected chi connectivity index (χ2v) is 5.20. The lowest BCUT2D eigenvalue weighted by atomic mass is 10.2. The molecule has 1 saturated heterocycles. The van der Waals surface area contributed by atoms with E-state index in [2.05, 4.69) is 10.1 Å². The second-order valence-electron chi connectivity index (χ2n) is 4.73. The zero-order valence-electron chi connectivity index (χ0n) is 11.1. The van der Waals surface area contributed by atoms with E-state index in [-0.39, 0.29) is 11.9 Å². The predicted molar refractivity (Wildman–Crippen MR) is 75.0 cm³/mol. The normalized spacial score (nSPS) is 18.3. The van der Waals surface area contributed by atoms with Gasteiger partial charge in [0.05, 0.1) is 11.0 Å². The van der Waals surface area contributed by atoms with Gasteiger partial charge in [-0.3, -0.25) is 9.69 Å². The van der Waals surface area contributed by atoms with E-state index in [9.17, 15) is 4.79 Å². The highest BCUT2D eigenvalue weighted by molar-refractivity contribution is 7.80. The van der Waals surface area contributed by atoms with Gasteiger partial charge in [0.25, 0.3) is 5.91 Å². The van der Waals surface area contributed by atoms with Crippen molar-refractivity contribution in [2.45, 2.75) is 19.9 Å². The minimum absolute atomic E-state index is 0.0709. The Morgan fingerprint density at radius 3 is 2.58 bits per heavy atom. The van der Waals surface area contributed by atoms with E-state index in [1.165, 1.54) is 0 Å². The lowest BCUT2D eigenvalue weighted by Crippen LogP contribution is -2.54. The van der Waals surface area contributed by atoms with Crippen LogP contribution in [0.5, 0.6) is 0 Å². The van der Waals surface area contributed by atoms with Crippen LogP contribution in [0.1, 0.15) is 23.2 Å². The van der Waals surface area contributed by atoms with Gasteiger partial charge in [-0.15, -0.1) is 0 Å². The van der Waals surface area contributed by atoms with Gasteiger partial charge in [-0.2, -0.15) is 0 Å². The topological polar surface area (TPSA) is 75.6 Å². The summed E-state index contributed by atoms with van der Waals surface area (Å²) in [4.78, 5) is 16.6. The van der Waals surface area contributed by atoms with Crippen LogP contribution in [0.15, 0.2) is 10.6 Å². The molecule has 1 aromatic heterocycles. The van der Waals surface area contributed by atoms with Crippen molar-refractivity contribution >= 4 is 23.1 Å². The highest BCUT2D eigenvalue weighted by atomic mass is 32.1. The molecule has 0 bridgehead atoms. The van der Waals surface area contributed by atoms with Gasteiger partial charge in [0.15, 0.2) is 5.69 Å². The third-order valence-corrected chi connectivity index (χ3v) is 3.75. The molecule has 0 aliphatic carbocycles. The number of rotatable bonds is 3. The molecular weight excluding hydrogens is 264 g/mol. The quantitative estimate of drug-likeness (QED) is 0.810. The highest BCUT2D eigenvalue weighted by Gasteiger charge is 2.26. The van der Waals surface area contributed by atoms with Crippen LogP contribution in [0.4, 0.5) is 0 Å². The van der Waals surface area contributed by atoms with Gasteiger partial charge in [0, 0.05) is 32.2 Å². The number of hydrogen-bond acceptors (Lipinski definition) is 5. The van der Waals surface area contributed by atoms with Gasteiger partial charge in [0.1, 0.15) is 5.76 Å². The molecule has 19 heavy (non-hydrogen) atoms. The molecule has 7 heteroatoms. The molecule has 1 aliphatic rings. The van der Waals surface area contributed by atoms with Crippen molar-refractivity contribution in [2.24, 2.45) is 5.73 Å². The molecule has 0 radical (unpaired) electrons. The number of nitrogens with zero attached hydrogens (tertiary/aromatic N) is 3. The van der Waals surface area contributed by atoms with Crippen molar-refractivity contribution in [3.8, 4) is 0 Å². The van der Waals surface area contributed by atoms with Crippen LogP contribution in [0.2, 0.25) is 0 Å². The molecule has 2 rings (SSSR count). The van der Waals surface area contributed by atoms with Crippen molar-refractivity contribution < 1.29 is 9.32 Å². The molecule has 1 unspecified atom stereocenters. The van der Waals surface area contributed by atoms with E-state index in [0.717, 1.165) is 13.1 Å². The second kappa shape index (κ2) is 5.66. The molecule has 1 aliphatic heterocycles. The molecule has 2 heterocycles. The van der Waals surface area contributed by atoms with E-state index in [1.54, 1.807) is 17.9 Å². The maximum absolute atomic E-state index is 12.2. The molecule has 2 N–H and O–H groups in total. The van der Waals surface area contributed by atoms with Crippen molar-refractivity contribution in [1.29, 1.82) is 0 Å². The summed E-state index contributed by atoms with van der Waals surface area (Å²) in [5, 5.41) is 3.75. The van der Waals surface area contributed by atoms with E-state index in [0.29, 0.717) is 29.5 Å². The van der Waals surface area contributed by atoms with Gasteiger partial charge >= 0.3 is 0 Å². The van der Waals surface area contributed by atoms with E-state index in [4.69, 9.17) is 22.5 Å². The Bertz CT molecular complexity index is 480. The first kappa shape index (κ1) is 14.0. The van der Waals surface area contributed by atoms with Crippen molar-refractivity contribution in [3.63, 3.8) is 0 Å². The number of amides is 1. The van der Waals surface area contributed by atoms with Crippen molar-refractivity contribution in [2.75, 3.05) is 26.2 Å². The van der Waals surface area contributed by atoms with Crippen LogP contribution in [-0.4, -0.2) is 58.1 Å². The molecule has 0 saturated carbocycles. The average Bonchev–Trinajstić information content (AvgIpc) is 2.84. The highest BCUT2D eigenvalue weighted by Crippen LogP contribution is 2.11. The van der Waals surface area contributed by atoms with Crippen LogP contribution >= 0.6 is 12.2 Å². The lowest BCUT2D eigenvalue weighted by molar-refractivity contribution is 0.0611. The maximum atomic E-state index is 12.2. The number of hydrogen-bond donors (Lipinski definition) is 1. The van der Waals surface area contributed by atoms with Gasteiger partial charge in [-0.25, -0.2) is 0 Å². The van der Waals surface area contributed by atoms with Crippen LogP contribution in [-0.2, 0) is 0 Å². The Balaban J connectivity index is 1.93. The summed E-state index contributed by atoms with van der Waals surface area (Å²) in [6, 6.07) is 1.73. The SMILES string of the molecule is Cc1cc(C(=O)N2CCN(C(C)C(N)=S)CC2)no1. The van der Waals surface area contributed by atoms with E-state index >= 15 is 0 Å². The van der Waals surface area contributed by atoms with Crippen LogP contribution in [0.3, 0.4) is 0 Å². The number of piperazine rings is 1. The van der Waals surface area contributed by atoms with E-state index in [1.807, 2.05) is 6.92 Å². The zero-order valence-corrected chi connectivity index (χ0v) is 11.9. The maximum Gasteiger partial charge on any atom is 0.276 e. The van der Waals surface area contributed by atoms with Crippen LogP contribution in [0, 0.1) is 6.92 Å². The summed E-state index contributed by atoms with van der Waals surface area (Å²) < 4.78 is 4.93. The van der Waals surface area contributed by atoms with Crippen LogP contribution < -0.4 is 5.73 Å². The molecule has 0 spiro atoms.